The van der Waals surface area contributed by atoms with Crippen molar-refractivity contribution in [3.8, 4) is 0 Å². The van der Waals surface area contributed by atoms with Crippen molar-refractivity contribution in [2.45, 2.75) is 18.3 Å². The third-order valence-corrected chi connectivity index (χ3v) is 2.88. The summed E-state index contributed by atoms with van der Waals surface area (Å²) in [7, 11) is 0. The maximum absolute atomic E-state index is 4.18. The van der Waals surface area contributed by atoms with Crippen molar-refractivity contribution in [3.63, 3.8) is 0 Å². The molecule has 0 aliphatic heterocycles. The Hall–Kier alpha value is -0.750. The molecule has 2 rings (SSSR count). The van der Waals surface area contributed by atoms with E-state index in [1.807, 2.05) is 24.0 Å². The Balaban J connectivity index is 2.11. The average molecular weight is 273 g/mol. The molecule has 0 saturated heterocycles. The van der Waals surface area contributed by atoms with Gasteiger partial charge in [-0.2, -0.15) is 0 Å². The third-order valence-electron chi connectivity index (χ3n) is 1.77. The van der Waals surface area contributed by atoms with Gasteiger partial charge in [-0.05, 0) is 6.92 Å². The van der Waals surface area contributed by atoms with Crippen LogP contribution in [0.15, 0.2) is 17.1 Å². The smallest absolute Gasteiger partial charge is 0.0960 e. The maximum Gasteiger partial charge on any atom is 0.0960 e. The van der Waals surface area contributed by atoms with Gasteiger partial charge < -0.3 is 0 Å². The van der Waals surface area contributed by atoms with Gasteiger partial charge in [0, 0.05) is 5.38 Å². The van der Waals surface area contributed by atoms with E-state index in [0.717, 1.165) is 11.4 Å². The van der Waals surface area contributed by atoms with Gasteiger partial charge in [-0.1, -0.05) is 21.1 Å². The summed E-state index contributed by atoms with van der Waals surface area (Å²) in [6.45, 7) is 2.72. The van der Waals surface area contributed by atoms with E-state index in [2.05, 4.69) is 31.2 Å². The zero-order valence-electron chi connectivity index (χ0n) is 7.59. The van der Waals surface area contributed by atoms with Crippen molar-refractivity contribution in [2.75, 3.05) is 0 Å². The van der Waals surface area contributed by atoms with Crippen molar-refractivity contribution in [3.05, 3.63) is 28.5 Å². The lowest BCUT2D eigenvalue weighted by Gasteiger charge is -1.95. The Labute approximate surface area is 94.1 Å². The van der Waals surface area contributed by atoms with Crippen molar-refractivity contribution in [2.24, 2.45) is 0 Å². The fourth-order valence-corrected chi connectivity index (χ4v) is 1.81. The van der Waals surface area contributed by atoms with Gasteiger partial charge in [0.15, 0.2) is 0 Å². The molecule has 0 amide bonds. The predicted molar refractivity (Wildman–Crippen MR) is 58.6 cm³/mol. The first-order valence-corrected chi connectivity index (χ1v) is 6.02. The van der Waals surface area contributed by atoms with Crippen molar-refractivity contribution >= 4 is 27.3 Å². The lowest BCUT2D eigenvalue weighted by molar-refractivity contribution is 0.640. The van der Waals surface area contributed by atoms with E-state index in [1.54, 1.807) is 16.0 Å². The van der Waals surface area contributed by atoms with E-state index >= 15 is 0 Å². The minimum absolute atomic E-state index is 0.242. The summed E-state index contributed by atoms with van der Waals surface area (Å²) in [4.78, 5) is 4.43. The van der Waals surface area contributed by atoms with Crippen LogP contribution in [0.5, 0.6) is 0 Å². The topological polar surface area (TPSA) is 43.6 Å². The second-order valence-electron chi connectivity index (χ2n) is 2.94. The van der Waals surface area contributed by atoms with Gasteiger partial charge in [0.05, 0.1) is 34.5 Å². The number of halogens is 1. The highest BCUT2D eigenvalue weighted by molar-refractivity contribution is 9.09. The van der Waals surface area contributed by atoms with Crippen molar-refractivity contribution in [1.29, 1.82) is 0 Å². The van der Waals surface area contributed by atoms with Crippen LogP contribution in [0.2, 0.25) is 0 Å². The first kappa shape index (κ1) is 9.79. The number of nitrogens with zero attached hydrogens (tertiary/aromatic N) is 4. The number of hydrogen-bond acceptors (Lipinski definition) is 4. The summed E-state index contributed by atoms with van der Waals surface area (Å²) in [5, 5.41) is 10.1. The highest BCUT2D eigenvalue weighted by Crippen LogP contribution is 2.18. The number of aromatic nitrogens is 4. The summed E-state index contributed by atoms with van der Waals surface area (Å²) in [6.07, 6.45) is 1.93. The molecule has 0 aliphatic carbocycles. The van der Waals surface area contributed by atoms with Gasteiger partial charge in [0.25, 0.3) is 0 Å². The van der Waals surface area contributed by atoms with Crippen LogP contribution in [-0.2, 0) is 6.54 Å². The molecule has 4 nitrogen and oxygen atoms in total. The minimum Gasteiger partial charge on any atom is -0.248 e. The lowest BCUT2D eigenvalue weighted by atomic mass is 10.4. The SMILES string of the molecule is CC(Br)c1cn(Cc2cscn2)nn1. The first-order chi connectivity index (χ1) is 6.75. The van der Waals surface area contributed by atoms with Gasteiger partial charge in [-0.3, -0.25) is 0 Å². The van der Waals surface area contributed by atoms with Gasteiger partial charge in [0.2, 0.25) is 0 Å². The molecule has 0 saturated carbocycles. The molecular formula is C8H9BrN4S. The molecule has 14 heavy (non-hydrogen) atoms. The summed E-state index contributed by atoms with van der Waals surface area (Å²) >= 11 is 5.03. The van der Waals surface area contributed by atoms with Crippen LogP contribution < -0.4 is 0 Å². The van der Waals surface area contributed by atoms with E-state index in [-0.39, 0.29) is 4.83 Å². The third kappa shape index (κ3) is 2.19. The van der Waals surface area contributed by atoms with E-state index in [4.69, 9.17) is 0 Å². The molecule has 0 bridgehead atoms. The monoisotopic (exact) mass is 272 g/mol. The molecule has 0 aromatic carbocycles. The second kappa shape index (κ2) is 4.18. The standard InChI is InChI=1S/C8H9BrN4S/c1-6(9)8-3-13(12-11-8)2-7-4-14-5-10-7/h3-6H,2H2,1H3. The summed E-state index contributed by atoms with van der Waals surface area (Å²) in [5.41, 5.74) is 3.79. The zero-order chi connectivity index (χ0) is 9.97. The van der Waals surface area contributed by atoms with E-state index in [0.29, 0.717) is 6.54 Å². The quantitative estimate of drug-likeness (QED) is 0.805. The molecule has 0 N–H and O–H groups in total. The predicted octanol–water partition coefficient (Wildman–Crippen LogP) is 2.24. The summed E-state index contributed by atoms with van der Waals surface area (Å²) < 4.78 is 1.79. The van der Waals surface area contributed by atoms with Crippen LogP contribution >= 0.6 is 27.3 Å². The molecule has 0 spiro atoms. The van der Waals surface area contributed by atoms with Crippen LogP contribution in [0.4, 0.5) is 0 Å². The maximum atomic E-state index is 4.18. The molecule has 2 aromatic heterocycles. The molecule has 74 valence electrons. The Morgan fingerprint density at radius 2 is 2.50 bits per heavy atom. The van der Waals surface area contributed by atoms with Crippen LogP contribution in [0, 0.1) is 0 Å². The number of thiazole rings is 1. The van der Waals surface area contributed by atoms with Gasteiger partial charge in [0.1, 0.15) is 0 Å². The van der Waals surface area contributed by atoms with Crippen LogP contribution in [-0.4, -0.2) is 20.0 Å². The van der Waals surface area contributed by atoms with E-state index in [9.17, 15) is 0 Å². The number of hydrogen-bond donors (Lipinski definition) is 0. The molecule has 6 heteroatoms. The minimum atomic E-state index is 0.242. The average Bonchev–Trinajstić information content (AvgIpc) is 2.75. The molecule has 2 aromatic rings. The summed E-state index contributed by atoms with van der Waals surface area (Å²) in [6, 6.07) is 0. The van der Waals surface area contributed by atoms with Crippen molar-refractivity contribution < 1.29 is 0 Å². The Morgan fingerprint density at radius 3 is 3.07 bits per heavy atom. The number of alkyl halides is 1. The Morgan fingerprint density at radius 1 is 1.64 bits per heavy atom. The first-order valence-electron chi connectivity index (χ1n) is 4.17. The van der Waals surface area contributed by atoms with Gasteiger partial charge >= 0.3 is 0 Å². The van der Waals surface area contributed by atoms with Gasteiger partial charge in [-0.15, -0.1) is 16.4 Å². The molecule has 0 fully saturated rings. The van der Waals surface area contributed by atoms with Crippen LogP contribution in [0.1, 0.15) is 23.1 Å². The Kier molecular flexibility index (Phi) is 2.93. The molecule has 0 aliphatic rings. The molecule has 2 heterocycles. The van der Waals surface area contributed by atoms with Crippen LogP contribution in [0.25, 0.3) is 0 Å². The molecular weight excluding hydrogens is 264 g/mol. The largest absolute Gasteiger partial charge is 0.248 e. The zero-order valence-corrected chi connectivity index (χ0v) is 9.99. The fourth-order valence-electron chi connectivity index (χ4n) is 1.05. The lowest BCUT2D eigenvalue weighted by Crippen LogP contribution is -2.00. The normalized spacial score (nSPS) is 13.0. The van der Waals surface area contributed by atoms with E-state index < -0.39 is 0 Å². The highest BCUT2D eigenvalue weighted by Gasteiger charge is 2.06. The highest BCUT2D eigenvalue weighted by atomic mass is 79.9. The van der Waals surface area contributed by atoms with Crippen LogP contribution in [0.3, 0.4) is 0 Å². The summed E-state index contributed by atoms with van der Waals surface area (Å²) in [5.74, 6) is 0. The molecule has 1 unspecified atom stereocenters. The molecule has 0 radical (unpaired) electrons. The molecule has 1 atom stereocenters. The number of rotatable bonds is 3. The van der Waals surface area contributed by atoms with Crippen molar-refractivity contribution in [1.82, 2.24) is 20.0 Å². The van der Waals surface area contributed by atoms with E-state index in [1.165, 1.54) is 0 Å². The second-order valence-corrected chi connectivity index (χ2v) is 5.03. The fraction of sp³-hybridized carbons (Fsp3) is 0.375. The Bertz CT molecular complexity index is 395. The van der Waals surface area contributed by atoms with Gasteiger partial charge in [-0.25, -0.2) is 9.67 Å².